The number of thioether (sulfide) groups is 1. The molecule has 0 unspecified atom stereocenters. The van der Waals surface area contributed by atoms with E-state index >= 15 is 0 Å². The van der Waals surface area contributed by atoms with E-state index in [0.717, 1.165) is 28.4 Å². The van der Waals surface area contributed by atoms with Crippen LogP contribution in [-0.4, -0.2) is 29.9 Å². The highest BCUT2D eigenvalue weighted by atomic mass is 35.5. The Bertz CT molecular complexity index is 436. The molecule has 2 rings (SSSR count). The van der Waals surface area contributed by atoms with E-state index in [1.807, 2.05) is 17.9 Å². The number of aryl methyl sites for hydroxylation is 1. The molecule has 1 aromatic rings. The van der Waals surface area contributed by atoms with E-state index in [2.05, 4.69) is 6.07 Å². The van der Waals surface area contributed by atoms with Crippen LogP contribution in [0.25, 0.3) is 0 Å². The van der Waals surface area contributed by atoms with Crippen molar-refractivity contribution in [3.05, 3.63) is 22.7 Å². The highest BCUT2D eigenvalue weighted by Crippen LogP contribution is 2.40. The number of hydrogen-bond donors (Lipinski definition) is 1. The number of nitrogens with zero attached hydrogens (tertiary/aromatic N) is 1. The van der Waals surface area contributed by atoms with Crippen molar-refractivity contribution in [2.24, 2.45) is 0 Å². The van der Waals surface area contributed by atoms with Gasteiger partial charge < -0.3 is 10.0 Å². The van der Waals surface area contributed by atoms with Crippen LogP contribution in [0.4, 0.5) is 5.69 Å². The molecule has 0 radical (unpaired) electrons. The molecule has 0 spiro atoms. The van der Waals surface area contributed by atoms with Crippen LogP contribution in [0, 0.1) is 6.92 Å². The summed E-state index contributed by atoms with van der Waals surface area (Å²) in [5.41, 5.74) is 1.97. The van der Waals surface area contributed by atoms with Gasteiger partial charge in [0.2, 0.25) is 0 Å². The molecule has 1 aliphatic heterocycles. The minimum Gasteiger partial charge on any atom is -0.480 e. The molecule has 0 atom stereocenters. The highest BCUT2D eigenvalue weighted by Gasteiger charge is 2.22. The second kappa shape index (κ2) is 4.55. The molecule has 1 N–H and O–H groups in total. The molecule has 16 heavy (non-hydrogen) atoms. The van der Waals surface area contributed by atoms with Crippen LogP contribution in [0.5, 0.6) is 0 Å². The lowest BCUT2D eigenvalue weighted by Gasteiger charge is -2.30. The van der Waals surface area contributed by atoms with Crippen LogP contribution >= 0.6 is 23.4 Å². The average molecular weight is 258 g/mol. The summed E-state index contributed by atoms with van der Waals surface area (Å²) < 4.78 is 0. The van der Waals surface area contributed by atoms with Gasteiger partial charge in [-0.15, -0.1) is 11.8 Å². The SMILES string of the molecule is Cc1cc(Cl)c2c(c1)SCCN2CC(=O)O. The summed E-state index contributed by atoms with van der Waals surface area (Å²) in [6.07, 6.45) is 0. The van der Waals surface area contributed by atoms with Gasteiger partial charge >= 0.3 is 5.97 Å². The third-order valence-corrected chi connectivity index (χ3v) is 3.73. The Balaban J connectivity index is 2.41. The fraction of sp³-hybridized carbons (Fsp3) is 0.364. The number of hydrogen-bond acceptors (Lipinski definition) is 3. The molecule has 0 aliphatic carbocycles. The van der Waals surface area contributed by atoms with Gasteiger partial charge in [0.1, 0.15) is 6.54 Å². The maximum atomic E-state index is 10.8. The second-order valence-electron chi connectivity index (χ2n) is 3.76. The summed E-state index contributed by atoms with van der Waals surface area (Å²) in [5, 5.41) is 9.49. The molecule has 1 heterocycles. The molecule has 0 amide bonds. The lowest BCUT2D eigenvalue weighted by Crippen LogP contribution is -2.34. The fourth-order valence-electron chi connectivity index (χ4n) is 1.82. The number of carbonyl (C=O) groups is 1. The molecular weight excluding hydrogens is 246 g/mol. The van der Waals surface area contributed by atoms with Crippen LogP contribution in [0.1, 0.15) is 5.56 Å². The van der Waals surface area contributed by atoms with Crippen molar-refractivity contribution in [3.63, 3.8) is 0 Å². The largest absolute Gasteiger partial charge is 0.480 e. The summed E-state index contributed by atoms with van der Waals surface area (Å²) in [6, 6.07) is 3.93. The molecule has 0 aromatic heterocycles. The predicted molar refractivity (Wildman–Crippen MR) is 66.8 cm³/mol. The van der Waals surface area contributed by atoms with Gasteiger partial charge in [0.05, 0.1) is 10.7 Å². The van der Waals surface area contributed by atoms with Crippen LogP contribution in [0.15, 0.2) is 17.0 Å². The fourth-order valence-corrected chi connectivity index (χ4v) is 3.44. The van der Waals surface area contributed by atoms with Crippen molar-refractivity contribution >= 4 is 35.0 Å². The zero-order chi connectivity index (χ0) is 11.7. The zero-order valence-corrected chi connectivity index (χ0v) is 10.4. The summed E-state index contributed by atoms with van der Waals surface area (Å²) in [4.78, 5) is 13.7. The van der Waals surface area contributed by atoms with E-state index < -0.39 is 5.97 Å². The molecule has 0 saturated carbocycles. The first-order chi connectivity index (χ1) is 7.58. The minimum atomic E-state index is -0.825. The quantitative estimate of drug-likeness (QED) is 0.884. The van der Waals surface area contributed by atoms with Gasteiger partial charge in [-0.25, -0.2) is 0 Å². The molecular formula is C11H12ClNO2S. The van der Waals surface area contributed by atoms with E-state index in [1.54, 1.807) is 11.8 Å². The lowest BCUT2D eigenvalue weighted by molar-refractivity contribution is -0.135. The van der Waals surface area contributed by atoms with E-state index in [0.29, 0.717) is 5.02 Å². The Kier molecular flexibility index (Phi) is 3.30. The van der Waals surface area contributed by atoms with Crippen LogP contribution in [0.3, 0.4) is 0 Å². The van der Waals surface area contributed by atoms with E-state index in [1.165, 1.54) is 0 Å². The molecule has 86 valence electrons. The van der Waals surface area contributed by atoms with E-state index in [-0.39, 0.29) is 6.54 Å². The van der Waals surface area contributed by atoms with Crippen molar-refractivity contribution in [2.45, 2.75) is 11.8 Å². The first-order valence-electron chi connectivity index (χ1n) is 4.97. The summed E-state index contributed by atoms with van der Waals surface area (Å²) in [5.74, 6) is 0.0783. The zero-order valence-electron chi connectivity index (χ0n) is 8.86. The topological polar surface area (TPSA) is 40.5 Å². The molecule has 0 bridgehead atoms. The minimum absolute atomic E-state index is 0.0103. The van der Waals surface area contributed by atoms with Crippen LogP contribution in [-0.2, 0) is 4.79 Å². The number of benzene rings is 1. The molecule has 0 saturated heterocycles. The predicted octanol–water partition coefficient (Wildman–Crippen LogP) is 2.65. The van der Waals surface area contributed by atoms with Crippen molar-refractivity contribution in [1.29, 1.82) is 0 Å². The van der Waals surface area contributed by atoms with Gasteiger partial charge in [-0.05, 0) is 24.6 Å². The van der Waals surface area contributed by atoms with Crippen molar-refractivity contribution < 1.29 is 9.90 Å². The normalized spacial score (nSPS) is 14.8. The summed E-state index contributed by atoms with van der Waals surface area (Å²) in [6.45, 7) is 2.73. The Morgan fingerprint density at radius 3 is 3.06 bits per heavy atom. The third-order valence-electron chi connectivity index (χ3n) is 2.43. The maximum absolute atomic E-state index is 10.8. The summed E-state index contributed by atoms with van der Waals surface area (Å²) in [7, 11) is 0. The maximum Gasteiger partial charge on any atom is 0.323 e. The van der Waals surface area contributed by atoms with Crippen LogP contribution in [0.2, 0.25) is 5.02 Å². The van der Waals surface area contributed by atoms with Gasteiger partial charge in [-0.1, -0.05) is 11.6 Å². The molecule has 5 heteroatoms. The Hall–Kier alpha value is -0.870. The van der Waals surface area contributed by atoms with Crippen molar-refractivity contribution in [1.82, 2.24) is 0 Å². The number of rotatable bonds is 2. The van der Waals surface area contributed by atoms with Gasteiger partial charge in [-0.2, -0.15) is 0 Å². The number of halogens is 1. The van der Waals surface area contributed by atoms with Gasteiger partial charge in [0.15, 0.2) is 0 Å². The monoisotopic (exact) mass is 257 g/mol. The standard InChI is InChI=1S/C11H12ClNO2S/c1-7-4-8(12)11-9(5-7)16-3-2-13(11)6-10(14)15/h4-5H,2-3,6H2,1H3,(H,14,15). The Morgan fingerprint density at radius 2 is 2.38 bits per heavy atom. The van der Waals surface area contributed by atoms with E-state index in [4.69, 9.17) is 16.7 Å². The smallest absolute Gasteiger partial charge is 0.323 e. The molecule has 0 fully saturated rings. The first-order valence-corrected chi connectivity index (χ1v) is 6.34. The van der Waals surface area contributed by atoms with E-state index in [9.17, 15) is 4.79 Å². The average Bonchev–Trinajstić information content (AvgIpc) is 2.15. The highest BCUT2D eigenvalue weighted by molar-refractivity contribution is 7.99. The lowest BCUT2D eigenvalue weighted by atomic mass is 10.2. The van der Waals surface area contributed by atoms with Gasteiger partial charge in [-0.3, -0.25) is 4.79 Å². The number of carboxylic acids is 1. The Labute approximate surface area is 103 Å². The van der Waals surface area contributed by atoms with Crippen LogP contribution < -0.4 is 4.90 Å². The van der Waals surface area contributed by atoms with Crippen molar-refractivity contribution in [3.8, 4) is 0 Å². The third kappa shape index (κ3) is 2.28. The number of aliphatic carboxylic acids is 1. The van der Waals surface area contributed by atoms with Crippen molar-refractivity contribution in [2.75, 3.05) is 23.7 Å². The molecule has 3 nitrogen and oxygen atoms in total. The first kappa shape index (κ1) is 11.6. The number of carboxylic acid groups (broad SMARTS) is 1. The summed E-state index contributed by atoms with van der Waals surface area (Å²) >= 11 is 7.91. The Morgan fingerprint density at radius 1 is 1.62 bits per heavy atom. The van der Waals surface area contributed by atoms with Gasteiger partial charge in [0.25, 0.3) is 0 Å². The molecule has 1 aliphatic rings. The molecule has 1 aromatic carbocycles. The second-order valence-corrected chi connectivity index (χ2v) is 5.30. The number of fused-ring (bicyclic) bond motifs is 1. The van der Waals surface area contributed by atoms with Gasteiger partial charge in [0, 0.05) is 17.2 Å². The number of anilines is 1.